The second kappa shape index (κ2) is 9.85. The molecule has 4 rings (SSSR count). The maximum absolute atomic E-state index is 10.5. The minimum absolute atomic E-state index is 0.138. The highest BCUT2D eigenvalue weighted by atomic mass is 35.5. The summed E-state index contributed by atoms with van der Waals surface area (Å²) in [6.45, 7) is 3.88. The molecule has 0 bridgehead atoms. The van der Waals surface area contributed by atoms with E-state index in [2.05, 4.69) is 16.2 Å². The molecule has 0 radical (unpaired) electrons. The molecule has 0 amide bonds. The van der Waals surface area contributed by atoms with Crippen molar-refractivity contribution in [3.63, 3.8) is 0 Å². The fraction of sp³-hybridized carbons (Fsp3) is 0.545. The Bertz CT molecular complexity index is 1010. The summed E-state index contributed by atoms with van der Waals surface area (Å²) < 4.78 is 29.9. The predicted octanol–water partition coefficient (Wildman–Crippen LogP) is 1.21. The second-order valence-corrected chi connectivity index (χ2v) is 8.55. The molecule has 2 fully saturated rings. The van der Waals surface area contributed by atoms with Crippen molar-refractivity contribution >= 4 is 11.6 Å². The van der Waals surface area contributed by atoms with Crippen LogP contribution in [0.5, 0.6) is 11.5 Å². The van der Waals surface area contributed by atoms with Crippen molar-refractivity contribution in [1.82, 2.24) is 15.0 Å². The van der Waals surface area contributed by atoms with E-state index in [0.29, 0.717) is 23.1 Å². The molecule has 10 nitrogen and oxygen atoms in total. The standard InChI is InChI=1S/C22H26ClN3O7/c1-4-5-29-15-6-13(9-23)7-16(8-15)30-12-14-10-26(25-24-14)11-17-18(27)19(28)20-21(31-17)33-22(2,3)32-20/h1,6-8,10,17-21,27-28H,5,9,11-12H2,2-3H3/t17?,18?,19?,20?,21-/m0/s1. The monoisotopic (exact) mass is 479 g/mol. The van der Waals surface area contributed by atoms with Gasteiger partial charge in [-0.15, -0.1) is 23.1 Å². The molecule has 178 valence electrons. The number of benzene rings is 1. The molecule has 2 aliphatic heterocycles. The zero-order chi connectivity index (χ0) is 23.6. The van der Waals surface area contributed by atoms with Gasteiger partial charge in [-0.25, -0.2) is 4.68 Å². The van der Waals surface area contributed by atoms with Gasteiger partial charge < -0.3 is 33.9 Å². The molecule has 2 N–H and O–H groups in total. The van der Waals surface area contributed by atoms with Crippen LogP contribution in [0.15, 0.2) is 24.4 Å². The van der Waals surface area contributed by atoms with Gasteiger partial charge in [-0.3, -0.25) is 0 Å². The van der Waals surface area contributed by atoms with E-state index in [9.17, 15) is 10.2 Å². The fourth-order valence-corrected chi connectivity index (χ4v) is 3.90. The number of ether oxygens (including phenoxy) is 5. The Morgan fingerprint density at radius 3 is 2.67 bits per heavy atom. The Hall–Kier alpha value is -2.39. The summed E-state index contributed by atoms with van der Waals surface area (Å²) in [4.78, 5) is 0. The maximum Gasteiger partial charge on any atom is 0.190 e. The van der Waals surface area contributed by atoms with E-state index in [-0.39, 0.29) is 19.8 Å². The van der Waals surface area contributed by atoms with E-state index in [4.69, 9.17) is 41.7 Å². The summed E-state index contributed by atoms with van der Waals surface area (Å²) in [7, 11) is 0. The highest BCUT2D eigenvalue weighted by molar-refractivity contribution is 6.17. The van der Waals surface area contributed by atoms with E-state index in [1.807, 2.05) is 0 Å². The number of fused-ring (bicyclic) bond motifs is 1. The van der Waals surface area contributed by atoms with Gasteiger partial charge in [-0.05, 0) is 31.5 Å². The van der Waals surface area contributed by atoms with Crippen LogP contribution in [-0.4, -0.2) is 68.3 Å². The number of hydrogen-bond donors (Lipinski definition) is 2. The van der Waals surface area contributed by atoms with Crippen LogP contribution >= 0.6 is 11.6 Å². The normalized spacial score (nSPS) is 28.2. The van der Waals surface area contributed by atoms with E-state index < -0.39 is 36.5 Å². The van der Waals surface area contributed by atoms with Gasteiger partial charge in [-0.1, -0.05) is 11.1 Å². The fourth-order valence-electron chi connectivity index (χ4n) is 3.75. The van der Waals surface area contributed by atoms with Gasteiger partial charge in [0.1, 0.15) is 54.8 Å². The van der Waals surface area contributed by atoms with Crippen LogP contribution < -0.4 is 9.47 Å². The van der Waals surface area contributed by atoms with Crippen molar-refractivity contribution in [2.75, 3.05) is 6.61 Å². The molecule has 0 aliphatic carbocycles. The average molecular weight is 480 g/mol. The van der Waals surface area contributed by atoms with Crippen LogP contribution in [0.4, 0.5) is 0 Å². The summed E-state index contributed by atoms with van der Waals surface area (Å²) in [5, 5.41) is 29.1. The first-order valence-electron chi connectivity index (χ1n) is 10.4. The van der Waals surface area contributed by atoms with Gasteiger partial charge in [0, 0.05) is 11.9 Å². The van der Waals surface area contributed by atoms with E-state index in [1.54, 1.807) is 38.2 Å². The number of nitrogens with zero attached hydrogens (tertiary/aromatic N) is 3. The number of aromatic nitrogens is 3. The van der Waals surface area contributed by atoms with E-state index in [0.717, 1.165) is 5.56 Å². The second-order valence-electron chi connectivity index (χ2n) is 8.28. The number of terminal acetylenes is 1. The van der Waals surface area contributed by atoms with Gasteiger partial charge in [0.15, 0.2) is 12.1 Å². The Balaban J connectivity index is 1.36. The zero-order valence-corrected chi connectivity index (χ0v) is 19.0. The lowest BCUT2D eigenvalue weighted by atomic mass is 9.99. The van der Waals surface area contributed by atoms with Gasteiger partial charge >= 0.3 is 0 Å². The van der Waals surface area contributed by atoms with Gasteiger partial charge in [0.2, 0.25) is 0 Å². The third-order valence-electron chi connectivity index (χ3n) is 5.22. The summed E-state index contributed by atoms with van der Waals surface area (Å²) in [5.41, 5.74) is 1.38. The molecular formula is C22H26ClN3O7. The van der Waals surface area contributed by atoms with Crippen LogP contribution in [-0.2, 0) is 33.2 Å². The Morgan fingerprint density at radius 2 is 1.94 bits per heavy atom. The molecule has 0 saturated carbocycles. The summed E-state index contributed by atoms with van der Waals surface area (Å²) in [5.74, 6) is 2.91. The molecule has 33 heavy (non-hydrogen) atoms. The van der Waals surface area contributed by atoms with Crippen LogP contribution in [0.25, 0.3) is 0 Å². The molecular weight excluding hydrogens is 454 g/mol. The highest BCUT2D eigenvalue weighted by Crippen LogP contribution is 2.36. The van der Waals surface area contributed by atoms with E-state index >= 15 is 0 Å². The number of halogens is 1. The molecule has 2 aromatic rings. The molecule has 2 aliphatic rings. The van der Waals surface area contributed by atoms with Gasteiger partial charge in [0.25, 0.3) is 0 Å². The van der Waals surface area contributed by atoms with Crippen molar-refractivity contribution in [2.45, 2.75) is 69.4 Å². The summed E-state index contributed by atoms with van der Waals surface area (Å²) in [6.07, 6.45) is 2.29. The third kappa shape index (κ3) is 5.58. The molecule has 5 atom stereocenters. The first-order chi connectivity index (χ1) is 15.8. The number of aliphatic hydroxyl groups excluding tert-OH is 2. The average Bonchev–Trinajstić information content (AvgIpc) is 3.37. The summed E-state index contributed by atoms with van der Waals surface area (Å²) >= 11 is 5.95. The molecule has 11 heteroatoms. The zero-order valence-electron chi connectivity index (χ0n) is 18.3. The Labute approximate surface area is 196 Å². The molecule has 1 aromatic heterocycles. The lowest BCUT2D eigenvalue weighted by molar-refractivity contribution is -0.253. The van der Waals surface area contributed by atoms with Crippen molar-refractivity contribution in [2.24, 2.45) is 0 Å². The molecule has 4 unspecified atom stereocenters. The van der Waals surface area contributed by atoms with Crippen molar-refractivity contribution < 1.29 is 33.9 Å². The first kappa shape index (κ1) is 23.8. The number of hydrogen-bond acceptors (Lipinski definition) is 9. The SMILES string of the molecule is C#CCOc1cc(CCl)cc(OCc2cn(CC3O[C@H]4OC(C)(C)OC4C(O)C3O)nn2)c1. The highest BCUT2D eigenvalue weighted by Gasteiger charge is 2.53. The van der Waals surface area contributed by atoms with Crippen LogP contribution in [0, 0.1) is 12.3 Å². The van der Waals surface area contributed by atoms with E-state index in [1.165, 1.54) is 4.68 Å². The lowest BCUT2D eigenvalue weighted by Crippen LogP contribution is -2.57. The van der Waals surface area contributed by atoms with Crippen molar-refractivity contribution in [1.29, 1.82) is 0 Å². The quantitative estimate of drug-likeness (QED) is 0.425. The summed E-state index contributed by atoms with van der Waals surface area (Å²) in [6, 6.07) is 5.31. The number of aliphatic hydroxyl groups is 2. The first-order valence-corrected chi connectivity index (χ1v) is 11.0. The van der Waals surface area contributed by atoms with Crippen molar-refractivity contribution in [3.05, 3.63) is 35.7 Å². The maximum atomic E-state index is 10.5. The number of alkyl halides is 1. The Kier molecular flexibility index (Phi) is 7.09. The van der Waals surface area contributed by atoms with Gasteiger partial charge in [0.05, 0.1) is 12.7 Å². The molecule has 1 aromatic carbocycles. The van der Waals surface area contributed by atoms with Crippen LogP contribution in [0.1, 0.15) is 25.1 Å². The third-order valence-corrected chi connectivity index (χ3v) is 5.53. The topological polar surface area (TPSA) is 117 Å². The Morgan fingerprint density at radius 1 is 1.18 bits per heavy atom. The minimum atomic E-state index is -1.17. The van der Waals surface area contributed by atoms with Gasteiger partial charge in [-0.2, -0.15) is 0 Å². The molecule has 2 saturated heterocycles. The largest absolute Gasteiger partial charge is 0.487 e. The lowest BCUT2D eigenvalue weighted by Gasteiger charge is -2.37. The smallest absolute Gasteiger partial charge is 0.190 e. The predicted molar refractivity (Wildman–Crippen MR) is 115 cm³/mol. The molecule has 3 heterocycles. The van der Waals surface area contributed by atoms with Crippen molar-refractivity contribution in [3.8, 4) is 23.8 Å². The van der Waals surface area contributed by atoms with Crippen LogP contribution in [0.2, 0.25) is 0 Å². The van der Waals surface area contributed by atoms with Crippen LogP contribution in [0.3, 0.4) is 0 Å². The molecule has 0 spiro atoms. The number of rotatable bonds is 8. The minimum Gasteiger partial charge on any atom is -0.487 e.